The third-order valence-electron chi connectivity index (χ3n) is 4.06. The van der Waals surface area contributed by atoms with Crippen LogP contribution in [0.1, 0.15) is 5.69 Å². The van der Waals surface area contributed by atoms with Gasteiger partial charge < -0.3 is 4.98 Å². The molecule has 0 aliphatic rings. The Morgan fingerprint density at radius 1 is 1.04 bits per heavy atom. The molecule has 2 heterocycles. The molecular formula is C20H14ClN5OS. The van der Waals surface area contributed by atoms with Gasteiger partial charge >= 0.3 is 0 Å². The van der Waals surface area contributed by atoms with Gasteiger partial charge in [0.15, 0.2) is 9.94 Å². The molecule has 0 aliphatic heterocycles. The molecule has 28 heavy (non-hydrogen) atoms. The van der Waals surface area contributed by atoms with Gasteiger partial charge in [-0.1, -0.05) is 60.1 Å². The van der Waals surface area contributed by atoms with E-state index in [4.69, 9.17) is 23.8 Å². The van der Waals surface area contributed by atoms with Crippen LogP contribution in [0, 0.1) is 4.77 Å². The predicted molar refractivity (Wildman–Crippen MR) is 115 cm³/mol. The number of nitrogens with one attached hydrogen (secondary N) is 3. The highest BCUT2D eigenvalue weighted by molar-refractivity contribution is 7.71. The maximum atomic E-state index is 12.5. The molecule has 4 aromatic rings. The number of nitrogens with zero attached hydrogens (tertiary/aromatic N) is 2. The molecule has 0 saturated carbocycles. The summed E-state index contributed by atoms with van der Waals surface area (Å²) in [6.07, 6.45) is 0. The Labute approximate surface area is 169 Å². The first kappa shape index (κ1) is 18.1. The van der Waals surface area contributed by atoms with E-state index in [9.17, 15) is 4.79 Å². The number of aromatic amines is 2. The topological polar surface area (TPSA) is 85.9 Å². The van der Waals surface area contributed by atoms with Crippen LogP contribution in [0.3, 0.4) is 0 Å². The molecule has 138 valence electrons. The lowest BCUT2D eigenvalue weighted by atomic mass is 10.0. The van der Waals surface area contributed by atoms with E-state index < -0.39 is 0 Å². The average molecular weight is 408 g/mol. The number of para-hydroxylation sites is 1. The molecule has 0 fully saturated rings. The second-order valence-corrected chi connectivity index (χ2v) is 6.70. The summed E-state index contributed by atoms with van der Waals surface area (Å²) in [5.41, 5.74) is 5.66. The van der Waals surface area contributed by atoms with E-state index in [1.165, 1.54) is 0 Å². The fourth-order valence-electron chi connectivity index (χ4n) is 2.80. The van der Waals surface area contributed by atoms with Crippen molar-refractivity contribution in [2.75, 3.05) is 5.43 Å². The van der Waals surface area contributed by atoms with Gasteiger partial charge in [0.05, 0.1) is 11.1 Å². The standard InChI is InChI=1S/C20H14ClN5OS/c21-17(26-25-13-9-5-2-6-10-13)15-11-14(12-7-3-1-4-8-12)16-18(22-15)23-20(28)24-19(16)27/h1-11,25H,(H2,22,23,24,27,28)/b26-17-. The van der Waals surface area contributed by atoms with Crippen molar-refractivity contribution in [3.8, 4) is 11.1 Å². The van der Waals surface area contributed by atoms with Gasteiger partial charge in [-0.05, 0) is 36.0 Å². The highest BCUT2D eigenvalue weighted by Gasteiger charge is 2.14. The molecule has 6 nitrogen and oxygen atoms in total. The van der Waals surface area contributed by atoms with Crippen LogP contribution >= 0.6 is 23.8 Å². The number of H-pyrrole nitrogens is 2. The quantitative estimate of drug-likeness (QED) is 0.261. The van der Waals surface area contributed by atoms with Crippen LogP contribution in [0.15, 0.2) is 76.6 Å². The number of hydrogen-bond acceptors (Lipinski definition) is 5. The summed E-state index contributed by atoms with van der Waals surface area (Å²) < 4.78 is 0.191. The number of hydrazone groups is 1. The molecule has 2 aromatic carbocycles. The van der Waals surface area contributed by atoms with Crippen molar-refractivity contribution < 1.29 is 0 Å². The van der Waals surface area contributed by atoms with Crippen LogP contribution in [-0.4, -0.2) is 20.1 Å². The zero-order chi connectivity index (χ0) is 19.5. The van der Waals surface area contributed by atoms with E-state index in [0.717, 1.165) is 11.3 Å². The summed E-state index contributed by atoms with van der Waals surface area (Å²) in [7, 11) is 0. The summed E-state index contributed by atoms with van der Waals surface area (Å²) in [6.45, 7) is 0. The average Bonchev–Trinajstić information content (AvgIpc) is 2.72. The van der Waals surface area contributed by atoms with Gasteiger partial charge in [0.25, 0.3) is 5.56 Å². The Balaban J connectivity index is 1.88. The highest BCUT2D eigenvalue weighted by Crippen LogP contribution is 2.26. The largest absolute Gasteiger partial charge is 0.316 e. The number of aromatic nitrogens is 3. The maximum Gasteiger partial charge on any atom is 0.261 e. The molecule has 0 amide bonds. The number of benzene rings is 2. The third-order valence-corrected chi connectivity index (χ3v) is 4.54. The van der Waals surface area contributed by atoms with Crippen molar-refractivity contribution >= 4 is 45.7 Å². The molecule has 0 bridgehead atoms. The minimum atomic E-state index is -0.313. The number of fused-ring (bicyclic) bond motifs is 1. The number of pyridine rings is 1. The van der Waals surface area contributed by atoms with E-state index in [1.54, 1.807) is 6.07 Å². The molecular weight excluding hydrogens is 394 g/mol. The smallest absolute Gasteiger partial charge is 0.261 e. The molecule has 0 atom stereocenters. The lowest BCUT2D eigenvalue weighted by Gasteiger charge is -2.09. The Morgan fingerprint density at radius 2 is 1.71 bits per heavy atom. The molecule has 8 heteroatoms. The summed E-state index contributed by atoms with van der Waals surface area (Å²) >= 11 is 11.5. The molecule has 4 rings (SSSR count). The first-order chi connectivity index (χ1) is 13.6. The summed E-state index contributed by atoms with van der Waals surface area (Å²) in [5, 5.41) is 4.76. The fraction of sp³-hybridized carbons (Fsp3) is 0. The zero-order valence-electron chi connectivity index (χ0n) is 14.4. The van der Waals surface area contributed by atoms with Crippen molar-refractivity contribution in [3.05, 3.63) is 87.5 Å². The van der Waals surface area contributed by atoms with Gasteiger partial charge in [-0.15, -0.1) is 0 Å². The zero-order valence-corrected chi connectivity index (χ0v) is 16.0. The molecule has 0 unspecified atom stereocenters. The Morgan fingerprint density at radius 3 is 2.43 bits per heavy atom. The van der Waals surface area contributed by atoms with Crippen LogP contribution in [0.2, 0.25) is 0 Å². The van der Waals surface area contributed by atoms with E-state index in [1.807, 2.05) is 60.7 Å². The predicted octanol–water partition coefficient (Wildman–Crippen LogP) is 4.66. The van der Waals surface area contributed by atoms with Gasteiger partial charge in [0.1, 0.15) is 11.3 Å². The number of hydrogen-bond donors (Lipinski definition) is 3. The van der Waals surface area contributed by atoms with Gasteiger partial charge in [0.2, 0.25) is 0 Å². The SMILES string of the molecule is O=c1[nH]c(=S)[nH]c2nc(/C(Cl)=N/Nc3ccccc3)cc(-c3ccccc3)c12. The van der Waals surface area contributed by atoms with Crippen LogP contribution in [0.5, 0.6) is 0 Å². The second-order valence-electron chi connectivity index (χ2n) is 5.93. The summed E-state index contributed by atoms with van der Waals surface area (Å²) in [5.74, 6) is 0. The van der Waals surface area contributed by atoms with Gasteiger partial charge in [-0.25, -0.2) is 4.98 Å². The molecule has 0 radical (unpaired) electrons. The van der Waals surface area contributed by atoms with E-state index >= 15 is 0 Å². The van der Waals surface area contributed by atoms with Gasteiger partial charge in [0, 0.05) is 5.56 Å². The van der Waals surface area contributed by atoms with Crippen LogP contribution in [-0.2, 0) is 0 Å². The van der Waals surface area contributed by atoms with Gasteiger partial charge in [-0.3, -0.25) is 15.2 Å². The molecule has 0 aliphatic carbocycles. The number of halogens is 1. The molecule has 3 N–H and O–H groups in total. The number of anilines is 1. The second kappa shape index (κ2) is 7.75. The van der Waals surface area contributed by atoms with Crippen LogP contribution in [0.25, 0.3) is 22.2 Å². The Hall–Kier alpha value is -3.29. The van der Waals surface area contributed by atoms with E-state index in [2.05, 4.69) is 25.5 Å². The Bertz CT molecular complexity index is 1280. The first-order valence-electron chi connectivity index (χ1n) is 8.39. The van der Waals surface area contributed by atoms with Crippen molar-refractivity contribution in [1.82, 2.24) is 15.0 Å². The fourth-order valence-corrected chi connectivity index (χ4v) is 3.13. The molecule has 0 spiro atoms. The third kappa shape index (κ3) is 3.71. The first-order valence-corrected chi connectivity index (χ1v) is 9.18. The minimum absolute atomic E-state index is 0.155. The molecule has 2 aromatic heterocycles. The lowest BCUT2D eigenvalue weighted by molar-refractivity contribution is 1.11. The van der Waals surface area contributed by atoms with Crippen molar-refractivity contribution in [2.24, 2.45) is 5.10 Å². The van der Waals surface area contributed by atoms with E-state index in [0.29, 0.717) is 22.3 Å². The van der Waals surface area contributed by atoms with Crippen molar-refractivity contribution in [2.45, 2.75) is 0 Å². The molecule has 0 saturated heterocycles. The maximum absolute atomic E-state index is 12.5. The van der Waals surface area contributed by atoms with E-state index in [-0.39, 0.29) is 15.5 Å². The minimum Gasteiger partial charge on any atom is -0.316 e. The number of rotatable bonds is 4. The monoisotopic (exact) mass is 407 g/mol. The van der Waals surface area contributed by atoms with Crippen molar-refractivity contribution in [1.29, 1.82) is 0 Å². The van der Waals surface area contributed by atoms with Gasteiger partial charge in [-0.2, -0.15) is 5.10 Å². The summed E-state index contributed by atoms with van der Waals surface area (Å²) in [6, 6.07) is 20.7. The van der Waals surface area contributed by atoms with Crippen molar-refractivity contribution in [3.63, 3.8) is 0 Å². The van der Waals surface area contributed by atoms with Crippen LogP contribution in [0.4, 0.5) is 5.69 Å². The highest BCUT2D eigenvalue weighted by atomic mass is 35.5. The lowest BCUT2D eigenvalue weighted by Crippen LogP contribution is -2.12. The normalized spacial score (nSPS) is 11.5. The Kier molecular flexibility index (Phi) is 5.01. The summed E-state index contributed by atoms with van der Waals surface area (Å²) in [4.78, 5) is 22.5. The van der Waals surface area contributed by atoms with Crippen LogP contribution < -0.4 is 11.0 Å².